The van der Waals surface area contributed by atoms with Crippen LogP contribution < -0.4 is 5.73 Å². The van der Waals surface area contributed by atoms with Crippen molar-refractivity contribution in [2.24, 2.45) is 5.73 Å². The molecule has 0 aliphatic rings. The van der Waals surface area contributed by atoms with E-state index in [9.17, 15) is 0 Å². The summed E-state index contributed by atoms with van der Waals surface area (Å²) < 4.78 is 0. The minimum absolute atomic E-state index is 0.399. The van der Waals surface area contributed by atoms with Crippen molar-refractivity contribution in [1.29, 1.82) is 5.26 Å². The molecule has 0 aromatic heterocycles. The lowest BCUT2D eigenvalue weighted by Crippen LogP contribution is -2.33. The van der Waals surface area contributed by atoms with Gasteiger partial charge in [0.05, 0.1) is 6.07 Å². The van der Waals surface area contributed by atoms with Crippen LogP contribution in [0.4, 0.5) is 0 Å². The van der Waals surface area contributed by atoms with E-state index in [-0.39, 0.29) is 0 Å². The lowest BCUT2D eigenvalue weighted by Gasteiger charge is -2.17. The zero-order chi connectivity index (χ0) is 10.4. The standard InChI is InChI=1S/C11H15N3/c1-14(9-11(13)7-12)8-10-5-3-2-4-6-10/h2-6,11H,8-9,13H2,1H3. The van der Waals surface area contributed by atoms with Crippen LogP contribution >= 0.6 is 0 Å². The Morgan fingerprint density at radius 1 is 1.43 bits per heavy atom. The van der Waals surface area contributed by atoms with Crippen LogP contribution in [0.3, 0.4) is 0 Å². The van der Waals surface area contributed by atoms with Crippen molar-refractivity contribution in [3.05, 3.63) is 35.9 Å². The van der Waals surface area contributed by atoms with E-state index in [1.54, 1.807) is 0 Å². The molecule has 14 heavy (non-hydrogen) atoms. The van der Waals surface area contributed by atoms with E-state index in [0.717, 1.165) is 6.54 Å². The summed E-state index contributed by atoms with van der Waals surface area (Å²) >= 11 is 0. The maximum absolute atomic E-state index is 8.55. The van der Waals surface area contributed by atoms with Gasteiger partial charge in [-0.25, -0.2) is 0 Å². The topological polar surface area (TPSA) is 53.0 Å². The molecular weight excluding hydrogens is 174 g/mol. The number of benzene rings is 1. The van der Waals surface area contributed by atoms with Crippen LogP contribution in [0.5, 0.6) is 0 Å². The zero-order valence-electron chi connectivity index (χ0n) is 8.35. The molecule has 0 bridgehead atoms. The number of likely N-dealkylation sites (N-methyl/N-ethyl adjacent to an activating group) is 1. The van der Waals surface area contributed by atoms with Crippen molar-refractivity contribution in [3.8, 4) is 6.07 Å². The second kappa shape index (κ2) is 5.38. The molecule has 3 heteroatoms. The Bertz CT molecular complexity index is 302. The number of hydrogen-bond donors (Lipinski definition) is 1. The fraction of sp³-hybridized carbons (Fsp3) is 0.364. The quantitative estimate of drug-likeness (QED) is 0.767. The van der Waals surface area contributed by atoms with Gasteiger partial charge >= 0.3 is 0 Å². The first-order valence-electron chi connectivity index (χ1n) is 4.60. The van der Waals surface area contributed by atoms with Crippen molar-refractivity contribution in [2.75, 3.05) is 13.6 Å². The summed E-state index contributed by atoms with van der Waals surface area (Å²) in [6.07, 6.45) is 0. The molecule has 1 rings (SSSR count). The third-order valence-corrected chi connectivity index (χ3v) is 1.97. The predicted molar refractivity (Wildman–Crippen MR) is 56.4 cm³/mol. The molecule has 1 aromatic rings. The lowest BCUT2D eigenvalue weighted by molar-refractivity contribution is 0.320. The molecule has 3 nitrogen and oxygen atoms in total. The molecule has 1 atom stereocenters. The van der Waals surface area contributed by atoms with Gasteiger partial charge in [0.25, 0.3) is 0 Å². The van der Waals surface area contributed by atoms with Gasteiger partial charge < -0.3 is 5.73 Å². The van der Waals surface area contributed by atoms with Gasteiger partial charge in [-0.1, -0.05) is 30.3 Å². The molecule has 1 aromatic carbocycles. The molecule has 0 aliphatic heterocycles. The normalized spacial score (nSPS) is 12.4. The Balaban J connectivity index is 2.42. The first kappa shape index (κ1) is 10.7. The fourth-order valence-corrected chi connectivity index (χ4v) is 1.34. The third kappa shape index (κ3) is 3.56. The third-order valence-electron chi connectivity index (χ3n) is 1.97. The first-order chi connectivity index (χ1) is 6.72. The summed E-state index contributed by atoms with van der Waals surface area (Å²) in [5, 5.41) is 8.55. The summed E-state index contributed by atoms with van der Waals surface area (Å²) in [6.45, 7) is 1.43. The number of hydrogen-bond acceptors (Lipinski definition) is 3. The average Bonchev–Trinajstić information content (AvgIpc) is 2.19. The molecule has 0 aliphatic carbocycles. The Kier molecular flexibility index (Phi) is 4.11. The number of nitrogens with zero attached hydrogens (tertiary/aromatic N) is 2. The van der Waals surface area contributed by atoms with Crippen molar-refractivity contribution >= 4 is 0 Å². The van der Waals surface area contributed by atoms with Crippen LogP contribution in [0.25, 0.3) is 0 Å². The van der Waals surface area contributed by atoms with Crippen LogP contribution in [-0.2, 0) is 6.54 Å². The molecule has 0 amide bonds. The highest BCUT2D eigenvalue weighted by molar-refractivity contribution is 5.14. The molecule has 0 radical (unpaired) electrons. The molecule has 0 spiro atoms. The Labute approximate surface area is 84.7 Å². The number of nitrogens with two attached hydrogens (primary N) is 1. The maximum Gasteiger partial charge on any atom is 0.106 e. The summed E-state index contributed by atoms with van der Waals surface area (Å²) in [5.41, 5.74) is 6.76. The summed E-state index contributed by atoms with van der Waals surface area (Å²) in [4.78, 5) is 2.04. The van der Waals surface area contributed by atoms with Gasteiger partial charge in [0, 0.05) is 13.1 Å². The minimum atomic E-state index is -0.399. The second-order valence-electron chi connectivity index (χ2n) is 3.42. The Morgan fingerprint density at radius 2 is 2.07 bits per heavy atom. The van der Waals surface area contributed by atoms with Crippen LogP contribution in [-0.4, -0.2) is 24.5 Å². The van der Waals surface area contributed by atoms with E-state index in [1.807, 2.05) is 36.2 Å². The molecule has 0 saturated carbocycles. The first-order valence-corrected chi connectivity index (χ1v) is 4.60. The number of rotatable bonds is 4. The van der Waals surface area contributed by atoms with Crippen LogP contribution in [0.2, 0.25) is 0 Å². The lowest BCUT2D eigenvalue weighted by atomic mass is 10.2. The van der Waals surface area contributed by atoms with E-state index in [1.165, 1.54) is 5.56 Å². The number of nitriles is 1. The fourth-order valence-electron chi connectivity index (χ4n) is 1.34. The average molecular weight is 189 g/mol. The molecule has 0 fully saturated rings. The molecule has 2 N–H and O–H groups in total. The van der Waals surface area contributed by atoms with Gasteiger partial charge in [0.15, 0.2) is 0 Å². The largest absolute Gasteiger partial charge is 0.315 e. The molecule has 0 heterocycles. The van der Waals surface area contributed by atoms with Crippen LogP contribution in [0.15, 0.2) is 30.3 Å². The smallest absolute Gasteiger partial charge is 0.106 e. The van der Waals surface area contributed by atoms with Crippen LogP contribution in [0.1, 0.15) is 5.56 Å². The highest BCUT2D eigenvalue weighted by Crippen LogP contribution is 2.02. The van der Waals surface area contributed by atoms with Crippen molar-refractivity contribution in [2.45, 2.75) is 12.6 Å². The van der Waals surface area contributed by atoms with Gasteiger partial charge in [0.2, 0.25) is 0 Å². The highest BCUT2D eigenvalue weighted by Gasteiger charge is 2.05. The van der Waals surface area contributed by atoms with Gasteiger partial charge in [-0.2, -0.15) is 5.26 Å². The SMILES string of the molecule is CN(Cc1ccccc1)CC(N)C#N. The molecular formula is C11H15N3. The highest BCUT2D eigenvalue weighted by atomic mass is 15.1. The van der Waals surface area contributed by atoms with Crippen molar-refractivity contribution in [1.82, 2.24) is 4.90 Å². The van der Waals surface area contributed by atoms with E-state index < -0.39 is 6.04 Å². The summed E-state index contributed by atoms with van der Waals surface area (Å²) in [7, 11) is 1.96. The minimum Gasteiger partial charge on any atom is -0.315 e. The zero-order valence-corrected chi connectivity index (χ0v) is 8.35. The second-order valence-corrected chi connectivity index (χ2v) is 3.42. The van der Waals surface area contributed by atoms with E-state index in [0.29, 0.717) is 6.54 Å². The Hall–Kier alpha value is -1.37. The van der Waals surface area contributed by atoms with Gasteiger partial charge in [0.1, 0.15) is 6.04 Å². The molecule has 0 saturated heterocycles. The molecule has 74 valence electrons. The van der Waals surface area contributed by atoms with Gasteiger partial charge in [-0.05, 0) is 12.6 Å². The van der Waals surface area contributed by atoms with E-state index in [2.05, 4.69) is 12.1 Å². The van der Waals surface area contributed by atoms with E-state index in [4.69, 9.17) is 11.0 Å². The molecule has 1 unspecified atom stereocenters. The predicted octanol–water partition coefficient (Wildman–Crippen LogP) is 0.969. The van der Waals surface area contributed by atoms with Gasteiger partial charge in [-0.3, -0.25) is 4.90 Å². The van der Waals surface area contributed by atoms with E-state index >= 15 is 0 Å². The summed E-state index contributed by atoms with van der Waals surface area (Å²) in [6, 6.07) is 11.8. The maximum atomic E-state index is 8.55. The van der Waals surface area contributed by atoms with Crippen molar-refractivity contribution in [3.63, 3.8) is 0 Å². The monoisotopic (exact) mass is 189 g/mol. The Morgan fingerprint density at radius 3 is 2.64 bits per heavy atom. The van der Waals surface area contributed by atoms with Gasteiger partial charge in [-0.15, -0.1) is 0 Å². The summed E-state index contributed by atoms with van der Waals surface area (Å²) in [5.74, 6) is 0. The van der Waals surface area contributed by atoms with Crippen molar-refractivity contribution < 1.29 is 0 Å². The van der Waals surface area contributed by atoms with Crippen LogP contribution in [0, 0.1) is 11.3 Å².